The highest BCUT2D eigenvalue weighted by atomic mass is 19.1. The fraction of sp³-hybridized carbons (Fsp3) is 0.267. The maximum absolute atomic E-state index is 13.2. The molecule has 0 amide bonds. The van der Waals surface area contributed by atoms with Crippen LogP contribution in [0.15, 0.2) is 42.7 Å². The van der Waals surface area contributed by atoms with Gasteiger partial charge in [-0.3, -0.25) is 4.98 Å². The lowest BCUT2D eigenvalue weighted by Crippen LogP contribution is -2.24. The van der Waals surface area contributed by atoms with Gasteiger partial charge in [-0.15, -0.1) is 0 Å². The van der Waals surface area contributed by atoms with Crippen LogP contribution in [0.4, 0.5) is 10.1 Å². The van der Waals surface area contributed by atoms with Crippen molar-refractivity contribution in [3.05, 3.63) is 59.7 Å². The van der Waals surface area contributed by atoms with Gasteiger partial charge in [-0.1, -0.05) is 0 Å². The summed E-state index contributed by atoms with van der Waals surface area (Å²) >= 11 is 0. The van der Waals surface area contributed by atoms with Gasteiger partial charge in [0.15, 0.2) is 0 Å². The summed E-state index contributed by atoms with van der Waals surface area (Å²) in [6, 6.07) is 8.74. The van der Waals surface area contributed by atoms with Gasteiger partial charge in [0.2, 0.25) is 0 Å². The quantitative estimate of drug-likeness (QED) is 0.897. The van der Waals surface area contributed by atoms with Crippen molar-refractivity contribution in [1.29, 1.82) is 0 Å². The molecular formula is C15H18FN3. The zero-order chi connectivity index (χ0) is 13.7. The Bertz CT molecular complexity index is 528. The van der Waals surface area contributed by atoms with Crippen LogP contribution in [-0.4, -0.2) is 11.5 Å². The van der Waals surface area contributed by atoms with Gasteiger partial charge in [0.25, 0.3) is 0 Å². The zero-order valence-corrected chi connectivity index (χ0v) is 11.0. The summed E-state index contributed by atoms with van der Waals surface area (Å²) in [6.07, 6.45) is 3.55. The second-order valence-electron chi connectivity index (χ2n) is 4.35. The molecule has 0 atom stereocenters. The van der Waals surface area contributed by atoms with Crippen LogP contribution in [0.2, 0.25) is 0 Å². The van der Waals surface area contributed by atoms with Crippen LogP contribution in [0, 0.1) is 5.82 Å². The smallest absolute Gasteiger partial charge is 0.123 e. The van der Waals surface area contributed by atoms with Crippen LogP contribution in [0.1, 0.15) is 18.1 Å². The van der Waals surface area contributed by atoms with E-state index >= 15 is 0 Å². The first-order valence-corrected chi connectivity index (χ1v) is 6.37. The topological polar surface area (TPSA) is 42.2 Å². The number of anilines is 1. The summed E-state index contributed by atoms with van der Waals surface area (Å²) in [4.78, 5) is 6.19. The second-order valence-corrected chi connectivity index (χ2v) is 4.35. The monoisotopic (exact) mass is 259 g/mol. The van der Waals surface area contributed by atoms with E-state index in [-0.39, 0.29) is 5.82 Å². The molecule has 2 aromatic rings. The minimum atomic E-state index is -0.246. The standard InChI is InChI=1S/C15H18FN3/c1-2-19(11-12-5-7-18-8-6-12)15-4-3-14(16)9-13(15)10-17/h3-9H,2,10-11,17H2,1H3. The third-order valence-electron chi connectivity index (χ3n) is 3.11. The summed E-state index contributed by atoms with van der Waals surface area (Å²) in [5.41, 5.74) is 8.69. The Kier molecular flexibility index (Phi) is 4.47. The minimum absolute atomic E-state index is 0.246. The predicted molar refractivity (Wildman–Crippen MR) is 75.3 cm³/mol. The van der Waals surface area contributed by atoms with E-state index in [1.807, 2.05) is 12.1 Å². The van der Waals surface area contributed by atoms with Crippen molar-refractivity contribution in [2.75, 3.05) is 11.4 Å². The van der Waals surface area contributed by atoms with Crippen molar-refractivity contribution in [3.63, 3.8) is 0 Å². The highest BCUT2D eigenvalue weighted by molar-refractivity contribution is 5.54. The minimum Gasteiger partial charge on any atom is -0.367 e. The molecule has 1 heterocycles. The van der Waals surface area contributed by atoms with Gasteiger partial charge in [-0.25, -0.2) is 4.39 Å². The van der Waals surface area contributed by atoms with Crippen molar-refractivity contribution < 1.29 is 4.39 Å². The Hall–Kier alpha value is -1.94. The number of nitrogens with two attached hydrogens (primary N) is 1. The molecule has 0 unspecified atom stereocenters. The van der Waals surface area contributed by atoms with E-state index in [2.05, 4.69) is 16.8 Å². The molecule has 0 aliphatic carbocycles. The van der Waals surface area contributed by atoms with Crippen LogP contribution >= 0.6 is 0 Å². The third kappa shape index (κ3) is 3.29. The van der Waals surface area contributed by atoms with E-state index in [0.717, 1.165) is 24.3 Å². The molecule has 0 radical (unpaired) electrons. The van der Waals surface area contributed by atoms with E-state index < -0.39 is 0 Å². The summed E-state index contributed by atoms with van der Waals surface area (Å²) in [5.74, 6) is -0.246. The molecule has 1 aromatic heterocycles. The second kappa shape index (κ2) is 6.29. The Balaban J connectivity index is 2.27. The molecule has 1 aromatic carbocycles. The molecule has 0 aliphatic rings. The lowest BCUT2D eigenvalue weighted by atomic mass is 10.1. The van der Waals surface area contributed by atoms with Crippen LogP contribution in [0.5, 0.6) is 0 Å². The summed E-state index contributed by atoms with van der Waals surface area (Å²) < 4.78 is 13.2. The Morgan fingerprint density at radius 3 is 2.58 bits per heavy atom. The lowest BCUT2D eigenvalue weighted by Gasteiger charge is -2.25. The molecule has 0 saturated carbocycles. The molecule has 0 spiro atoms. The largest absolute Gasteiger partial charge is 0.367 e. The molecule has 3 nitrogen and oxygen atoms in total. The normalized spacial score (nSPS) is 10.5. The van der Waals surface area contributed by atoms with Gasteiger partial charge < -0.3 is 10.6 Å². The molecule has 0 fully saturated rings. The molecule has 2 rings (SSSR count). The fourth-order valence-corrected chi connectivity index (χ4v) is 2.10. The summed E-state index contributed by atoms with van der Waals surface area (Å²) in [5, 5.41) is 0. The number of benzene rings is 1. The van der Waals surface area contributed by atoms with E-state index in [9.17, 15) is 4.39 Å². The Morgan fingerprint density at radius 1 is 1.21 bits per heavy atom. The maximum atomic E-state index is 13.2. The number of rotatable bonds is 5. The van der Waals surface area contributed by atoms with Crippen LogP contribution in [-0.2, 0) is 13.1 Å². The first-order chi connectivity index (χ1) is 9.24. The van der Waals surface area contributed by atoms with Gasteiger partial charge in [0.1, 0.15) is 5.82 Å². The molecule has 19 heavy (non-hydrogen) atoms. The number of nitrogens with zero attached hydrogens (tertiary/aromatic N) is 2. The van der Waals surface area contributed by atoms with E-state index in [4.69, 9.17) is 5.73 Å². The van der Waals surface area contributed by atoms with E-state index in [1.54, 1.807) is 18.5 Å². The molecule has 0 bridgehead atoms. The molecule has 0 saturated heterocycles. The molecule has 0 aliphatic heterocycles. The predicted octanol–water partition coefficient (Wildman–Crippen LogP) is 2.71. The maximum Gasteiger partial charge on any atom is 0.123 e. The van der Waals surface area contributed by atoms with Crippen molar-refractivity contribution >= 4 is 5.69 Å². The number of aromatic nitrogens is 1. The summed E-state index contributed by atoms with van der Waals surface area (Å²) in [6.45, 7) is 4.00. The van der Waals surface area contributed by atoms with E-state index in [1.165, 1.54) is 17.7 Å². The zero-order valence-electron chi connectivity index (χ0n) is 11.0. The summed E-state index contributed by atoms with van der Waals surface area (Å²) in [7, 11) is 0. The average Bonchev–Trinajstić information content (AvgIpc) is 2.46. The van der Waals surface area contributed by atoms with Crippen molar-refractivity contribution in [2.24, 2.45) is 5.73 Å². The van der Waals surface area contributed by atoms with Crippen molar-refractivity contribution in [1.82, 2.24) is 4.98 Å². The van der Waals surface area contributed by atoms with Crippen LogP contribution in [0.3, 0.4) is 0 Å². The highest BCUT2D eigenvalue weighted by Gasteiger charge is 2.10. The lowest BCUT2D eigenvalue weighted by molar-refractivity contribution is 0.624. The first kappa shape index (κ1) is 13.5. The van der Waals surface area contributed by atoms with Gasteiger partial charge in [0.05, 0.1) is 0 Å². The number of hydrogen-bond donors (Lipinski definition) is 1. The molecule has 2 N–H and O–H groups in total. The van der Waals surface area contributed by atoms with Crippen LogP contribution in [0.25, 0.3) is 0 Å². The molecular weight excluding hydrogens is 241 g/mol. The van der Waals surface area contributed by atoms with Crippen molar-refractivity contribution in [3.8, 4) is 0 Å². The number of pyridine rings is 1. The van der Waals surface area contributed by atoms with Gasteiger partial charge in [-0.2, -0.15) is 0 Å². The highest BCUT2D eigenvalue weighted by Crippen LogP contribution is 2.23. The first-order valence-electron chi connectivity index (χ1n) is 6.37. The average molecular weight is 259 g/mol. The van der Waals surface area contributed by atoms with Crippen LogP contribution < -0.4 is 10.6 Å². The number of halogens is 1. The SMILES string of the molecule is CCN(Cc1ccncc1)c1ccc(F)cc1CN. The van der Waals surface area contributed by atoms with Gasteiger partial charge in [-0.05, 0) is 48.4 Å². The third-order valence-corrected chi connectivity index (χ3v) is 3.11. The van der Waals surface area contributed by atoms with Crippen molar-refractivity contribution in [2.45, 2.75) is 20.0 Å². The van der Waals surface area contributed by atoms with E-state index in [0.29, 0.717) is 6.54 Å². The van der Waals surface area contributed by atoms with Gasteiger partial charge >= 0.3 is 0 Å². The Morgan fingerprint density at radius 2 is 1.95 bits per heavy atom. The Labute approximate surface area is 112 Å². The molecule has 4 heteroatoms. The molecule has 100 valence electrons. The number of hydrogen-bond acceptors (Lipinski definition) is 3. The fourth-order valence-electron chi connectivity index (χ4n) is 2.10. The van der Waals surface area contributed by atoms with Gasteiger partial charge in [0, 0.05) is 37.7 Å².